The van der Waals surface area contributed by atoms with Crippen LogP contribution in [0.1, 0.15) is 21.6 Å². The van der Waals surface area contributed by atoms with E-state index >= 15 is 0 Å². The van der Waals surface area contributed by atoms with Crippen LogP contribution >= 0.6 is 11.8 Å². The molecule has 1 N–H and O–H groups in total. The van der Waals surface area contributed by atoms with E-state index in [0.29, 0.717) is 35.3 Å². The van der Waals surface area contributed by atoms with Gasteiger partial charge in [0.25, 0.3) is 5.91 Å². The molecule has 2 aromatic carbocycles. The maximum atomic E-state index is 13.5. The van der Waals surface area contributed by atoms with E-state index in [9.17, 15) is 9.59 Å². The third-order valence-electron chi connectivity index (χ3n) is 6.00. The van der Waals surface area contributed by atoms with Crippen molar-refractivity contribution in [3.63, 3.8) is 0 Å². The summed E-state index contributed by atoms with van der Waals surface area (Å²) in [4.78, 5) is 38.0. The normalized spacial score (nSPS) is 13.2. The molecule has 12 heteroatoms. The second-order valence-corrected chi connectivity index (χ2v) is 9.34. The lowest BCUT2D eigenvalue weighted by Crippen LogP contribution is -2.33. The summed E-state index contributed by atoms with van der Waals surface area (Å²) in [7, 11) is 1.92. The van der Waals surface area contributed by atoms with Gasteiger partial charge in [-0.2, -0.15) is 0 Å². The van der Waals surface area contributed by atoms with Crippen molar-refractivity contribution in [3.05, 3.63) is 83.8 Å². The van der Waals surface area contributed by atoms with E-state index in [-0.39, 0.29) is 19.1 Å². The molecule has 1 aliphatic rings. The average Bonchev–Trinajstić information content (AvgIpc) is 3.40. The third kappa shape index (κ3) is 5.59. The maximum Gasteiger partial charge on any atom is 0.407 e. The Labute approximate surface area is 223 Å². The molecule has 38 heavy (non-hydrogen) atoms. The number of amides is 2. The van der Waals surface area contributed by atoms with Gasteiger partial charge < -0.3 is 19.9 Å². The van der Waals surface area contributed by atoms with Crippen LogP contribution in [0.4, 0.5) is 16.3 Å². The van der Waals surface area contributed by atoms with Crippen molar-refractivity contribution < 1.29 is 14.3 Å². The molecular weight excluding hydrogens is 504 g/mol. The van der Waals surface area contributed by atoms with Gasteiger partial charge in [0.05, 0.1) is 18.4 Å². The topological polar surface area (TPSA) is 118 Å². The lowest BCUT2D eigenvalue weighted by atomic mass is 10.2. The highest BCUT2D eigenvalue weighted by Crippen LogP contribution is 2.27. The number of alkyl carbamates (subject to hydrolysis) is 1. The van der Waals surface area contributed by atoms with Crippen molar-refractivity contribution in [2.75, 3.05) is 36.2 Å². The number of ether oxygens (including phenoxy) is 1. The molecule has 2 aromatic heterocycles. The zero-order chi connectivity index (χ0) is 26.5. The van der Waals surface area contributed by atoms with Gasteiger partial charge in [0.2, 0.25) is 0 Å². The summed E-state index contributed by atoms with van der Waals surface area (Å²) in [6.45, 7) is 1.46. The van der Waals surface area contributed by atoms with E-state index in [4.69, 9.17) is 4.74 Å². The van der Waals surface area contributed by atoms with Crippen LogP contribution in [0.15, 0.2) is 72.1 Å². The van der Waals surface area contributed by atoms with E-state index in [1.165, 1.54) is 11.8 Å². The Bertz CT molecular complexity index is 1450. The SMILES string of the molecule is CSc1ncc2c(n1)N(C)CCN(c1cccc(-n3cc(CNC(=O)OCc4ccccc4)nn3)c1)C2=O. The van der Waals surface area contributed by atoms with Crippen LogP contribution in [0.3, 0.4) is 0 Å². The average molecular weight is 531 g/mol. The molecule has 0 bridgehead atoms. The standard InChI is InChI=1S/C26H26N8O3S/c1-32-11-12-33(24(35)22-15-27-25(38-2)29-23(22)32)20-9-6-10-21(13-20)34-16-19(30-31-34)14-28-26(36)37-17-18-7-4-3-5-8-18/h3-10,13,15-16H,11-12,14,17H2,1-2H3,(H,28,36). The number of aromatic nitrogens is 5. The first kappa shape index (κ1) is 25.2. The Hall–Kier alpha value is -4.45. The van der Waals surface area contributed by atoms with Crippen molar-refractivity contribution in [1.29, 1.82) is 0 Å². The van der Waals surface area contributed by atoms with Crippen LogP contribution in [0.5, 0.6) is 0 Å². The molecule has 0 fully saturated rings. The Balaban J connectivity index is 1.26. The molecule has 0 spiro atoms. The van der Waals surface area contributed by atoms with E-state index in [0.717, 1.165) is 16.9 Å². The fourth-order valence-corrected chi connectivity index (χ4v) is 4.33. The number of fused-ring (bicyclic) bond motifs is 1. The van der Waals surface area contributed by atoms with Crippen LogP contribution in [0.25, 0.3) is 5.69 Å². The molecule has 0 saturated heterocycles. The van der Waals surface area contributed by atoms with E-state index in [1.807, 2.05) is 72.8 Å². The largest absolute Gasteiger partial charge is 0.445 e. The fraction of sp³-hybridized carbons (Fsp3) is 0.231. The predicted molar refractivity (Wildman–Crippen MR) is 144 cm³/mol. The summed E-state index contributed by atoms with van der Waals surface area (Å²) in [5, 5.41) is 11.6. The van der Waals surface area contributed by atoms with Crippen molar-refractivity contribution in [1.82, 2.24) is 30.3 Å². The molecular formula is C26H26N8O3S. The molecule has 0 aliphatic carbocycles. The minimum Gasteiger partial charge on any atom is -0.445 e. The minimum absolute atomic E-state index is 0.161. The zero-order valence-electron chi connectivity index (χ0n) is 20.9. The summed E-state index contributed by atoms with van der Waals surface area (Å²) in [6, 6.07) is 16.9. The second kappa shape index (κ2) is 11.3. The summed E-state index contributed by atoms with van der Waals surface area (Å²) < 4.78 is 6.84. The molecule has 0 atom stereocenters. The number of nitrogens with one attached hydrogen (secondary N) is 1. The van der Waals surface area contributed by atoms with Crippen LogP contribution in [0, 0.1) is 0 Å². The Morgan fingerprint density at radius 2 is 1.92 bits per heavy atom. The quantitative estimate of drug-likeness (QED) is 0.284. The number of anilines is 2. The first-order chi connectivity index (χ1) is 18.5. The Morgan fingerprint density at radius 3 is 2.74 bits per heavy atom. The van der Waals surface area contributed by atoms with E-state index in [2.05, 4.69) is 25.6 Å². The highest BCUT2D eigenvalue weighted by atomic mass is 32.2. The molecule has 194 valence electrons. The highest BCUT2D eigenvalue weighted by molar-refractivity contribution is 7.98. The summed E-state index contributed by atoms with van der Waals surface area (Å²) in [5.41, 5.74) is 3.38. The van der Waals surface area contributed by atoms with Gasteiger partial charge in [0, 0.05) is 32.0 Å². The minimum atomic E-state index is -0.538. The second-order valence-electron chi connectivity index (χ2n) is 8.56. The summed E-state index contributed by atoms with van der Waals surface area (Å²) in [6.07, 6.45) is 4.68. The van der Waals surface area contributed by atoms with Gasteiger partial charge in [-0.3, -0.25) is 4.79 Å². The lowest BCUT2D eigenvalue weighted by molar-refractivity contribution is 0.0989. The molecule has 3 heterocycles. The number of rotatable bonds is 7. The predicted octanol–water partition coefficient (Wildman–Crippen LogP) is 3.30. The number of likely N-dealkylation sites (N-methyl/N-ethyl adjacent to an activating group) is 1. The molecule has 1 aliphatic heterocycles. The van der Waals surface area contributed by atoms with Crippen LogP contribution in [-0.4, -0.2) is 63.4 Å². The Morgan fingerprint density at radius 1 is 1.11 bits per heavy atom. The maximum absolute atomic E-state index is 13.5. The molecule has 0 radical (unpaired) electrons. The zero-order valence-corrected chi connectivity index (χ0v) is 21.8. The van der Waals surface area contributed by atoms with Crippen molar-refractivity contribution in [3.8, 4) is 5.69 Å². The van der Waals surface area contributed by atoms with Crippen molar-refractivity contribution in [2.45, 2.75) is 18.3 Å². The monoisotopic (exact) mass is 530 g/mol. The molecule has 5 rings (SSSR count). The molecule has 4 aromatic rings. The van der Waals surface area contributed by atoms with E-state index in [1.54, 1.807) is 22.0 Å². The molecule has 11 nitrogen and oxygen atoms in total. The highest BCUT2D eigenvalue weighted by Gasteiger charge is 2.28. The van der Waals surface area contributed by atoms with Gasteiger partial charge in [-0.15, -0.1) is 5.10 Å². The Kier molecular flexibility index (Phi) is 7.50. The van der Waals surface area contributed by atoms with Crippen LogP contribution in [-0.2, 0) is 17.9 Å². The van der Waals surface area contributed by atoms with Gasteiger partial charge in [-0.1, -0.05) is 53.4 Å². The lowest BCUT2D eigenvalue weighted by Gasteiger charge is -2.21. The van der Waals surface area contributed by atoms with Crippen LogP contribution < -0.4 is 15.1 Å². The van der Waals surface area contributed by atoms with Gasteiger partial charge in [-0.25, -0.2) is 19.4 Å². The van der Waals surface area contributed by atoms with Crippen molar-refractivity contribution in [2.24, 2.45) is 0 Å². The first-order valence-electron chi connectivity index (χ1n) is 11.9. The summed E-state index contributed by atoms with van der Waals surface area (Å²) >= 11 is 1.44. The molecule has 2 amide bonds. The number of carbonyl (C=O) groups excluding carboxylic acids is 2. The smallest absolute Gasteiger partial charge is 0.407 e. The third-order valence-corrected chi connectivity index (χ3v) is 6.56. The van der Waals surface area contributed by atoms with E-state index < -0.39 is 6.09 Å². The van der Waals surface area contributed by atoms with Crippen molar-refractivity contribution >= 4 is 35.3 Å². The van der Waals surface area contributed by atoms with Crippen LogP contribution in [0.2, 0.25) is 0 Å². The number of thioether (sulfide) groups is 1. The number of carbonyl (C=O) groups is 2. The van der Waals surface area contributed by atoms with Gasteiger partial charge in [0.1, 0.15) is 23.7 Å². The van der Waals surface area contributed by atoms with Gasteiger partial charge in [-0.05, 0) is 30.0 Å². The van der Waals surface area contributed by atoms with Gasteiger partial charge in [0.15, 0.2) is 5.16 Å². The number of nitrogens with zero attached hydrogens (tertiary/aromatic N) is 7. The van der Waals surface area contributed by atoms with Gasteiger partial charge >= 0.3 is 6.09 Å². The number of hydrogen-bond acceptors (Lipinski definition) is 9. The first-order valence-corrected chi connectivity index (χ1v) is 13.1. The number of hydrogen-bond donors (Lipinski definition) is 1. The molecule has 0 unspecified atom stereocenters. The summed E-state index contributed by atoms with van der Waals surface area (Å²) in [5.74, 6) is 0.468. The fourth-order valence-electron chi connectivity index (χ4n) is 3.99. The molecule has 0 saturated carbocycles. The number of benzene rings is 2.